The summed E-state index contributed by atoms with van der Waals surface area (Å²) in [6, 6.07) is 12.9. The number of hydrogen-bond acceptors (Lipinski definition) is 5. The highest BCUT2D eigenvalue weighted by atomic mass is 16.2. The van der Waals surface area contributed by atoms with Gasteiger partial charge in [-0.3, -0.25) is 29.8 Å². The van der Waals surface area contributed by atoms with Crippen LogP contribution in [0.4, 0.5) is 10.5 Å². The van der Waals surface area contributed by atoms with E-state index in [1.807, 2.05) is 10.6 Å². The fourth-order valence-electron chi connectivity index (χ4n) is 2.85. The molecule has 4 N–H and O–H groups in total. The second kappa shape index (κ2) is 7.31. The quantitative estimate of drug-likeness (QED) is 0.578. The summed E-state index contributed by atoms with van der Waals surface area (Å²) in [5, 5.41) is 9.01. The highest BCUT2D eigenvalue weighted by Crippen LogP contribution is 2.25. The fraction of sp³-hybridized carbons (Fsp3) is 0.105. The van der Waals surface area contributed by atoms with E-state index in [2.05, 4.69) is 10.6 Å². The van der Waals surface area contributed by atoms with E-state index < -0.39 is 29.3 Å². The van der Waals surface area contributed by atoms with Gasteiger partial charge in [-0.1, -0.05) is 36.4 Å². The maximum absolute atomic E-state index is 12.8. The van der Waals surface area contributed by atoms with Crippen molar-refractivity contribution in [2.24, 2.45) is 0 Å². The van der Waals surface area contributed by atoms with Crippen molar-refractivity contribution in [1.29, 1.82) is 0 Å². The number of carbonyl (C=O) groups excluding carboxylic acids is 5. The van der Waals surface area contributed by atoms with E-state index in [4.69, 9.17) is 0 Å². The number of carbonyl (C=O) groups is 5. The molecule has 0 bridgehead atoms. The normalized spacial score (nSPS) is 15.2. The molecule has 1 aliphatic heterocycles. The molecule has 0 spiro atoms. The standard InChI is InChI=1S/C19H16N4O5/c1-11(24)20-14-9-5-6-12(10-14)15(25)23-19(13-7-3-2-4-8-13)16(26)21-18(28)22-17(19)27/h2-10H,1H3,(H,20,24)(H,23,25)(H2,21,22,26,27,28). The Morgan fingerprint density at radius 1 is 0.893 bits per heavy atom. The molecule has 142 valence electrons. The van der Waals surface area contributed by atoms with Gasteiger partial charge in [-0.25, -0.2) is 4.79 Å². The number of nitrogens with one attached hydrogen (secondary N) is 4. The molecule has 3 rings (SSSR count). The van der Waals surface area contributed by atoms with E-state index in [1.54, 1.807) is 30.3 Å². The molecule has 0 unspecified atom stereocenters. The molecule has 0 atom stereocenters. The van der Waals surface area contributed by atoms with Crippen molar-refractivity contribution in [2.45, 2.75) is 12.5 Å². The molecule has 2 aromatic rings. The zero-order valence-electron chi connectivity index (χ0n) is 14.7. The van der Waals surface area contributed by atoms with Crippen LogP contribution in [0.15, 0.2) is 54.6 Å². The predicted octanol–water partition coefficient (Wildman–Crippen LogP) is 0.636. The molecule has 0 aromatic heterocycles. The highest BCUT2D eigenvalue weighted by Gasteiger charge is 2.53. The molecule has 9 nitrogen and oxygen atoms in total. The Kier molecular flexibility index (Phi) is 4.90. The Labute approximate surface area is 159 Å². The summed E-state index contributed by atoms with van der Waals surface area (Å²) in [5.74, 6) is -3.00. The first kappa shape index (κ1) is 18.8. The van der Waals surface area contributed by atoms with E-state index in [0.717, 1.165) is 0 Å². The van der Waals surface area contributed by atoms with Gasteiger partial charge in [0.2, 0.25) is 11.4 Å². The average molecular weight is 380 g/mol. The molecule has 9 heteroatoms. The van der Waals surface area contributed by atoms with Gasteiger partial charge < -0.3 is 10.6 Å². The van der Waals surface area contributed by atoms with Gasteiger partial charge in [-0.2, -0.15) is 0 Å². The monoisotopic (exact) mass is 380 g/mol. The molecule has 0 radical (unpaired) electrons. The Morgan fingerprint density at radius 3 is 2.14 bits per heavy atom. The number of barbiturate groups is 1. The highest BCUT2D eigenvalue weighted by molar-refractivity contribution is 6.24. The molecular formula is C19H16N4O5. The maximum atomic E-state index is 12.8. The lowest BCUT2D eigenvalue weighted by Gasteiger charge is -2.34. The maximum Gasteiger partial charge on any atom is 0.328 e. The first-order chi connectivity index (χ1) is 13.3. The third-order valence-electron chi connectivity index (χ3n) is 4.09. The summed E-state index contributed by atoms with van der Waals surface area (Å²) in [6.07, 6.45) is 0. The van der Waals surface area contributed by atoms with Gasteiger partial charge in [-0.05, 0) is 23.8 Å². The van der Waals surface area contributed by atoms with Crippen molar-refractivity contribution < 1.29 is 24.0 Å². The number of benzene rings is 2. The van der Waals surface area contributed by atoms with Gasteiger partial charge in [-0.15, -0.1) is 0 Å². The van der Waals surface area contributed by atoms with Crippen LogP contribution >= 0.6 is 0 Å². The Balaban J connectivity index is 2.00. The lowest BCUT2D eigenvalue weighted by Crippen LogP contribution is -2.71. The number of urea groups is 1. The molecule has 1 saturated heterocycles. The van der Waals surface area contributed by atoms with Crippen LogP contribution in [0.2, 0.25) is 0 Å². The lowest BCUT2D eigenvalue weighted by atomic mass is 9.86. The van der Waals surface area contributed by atoms with E-state index in [9.17, 15) is 24.0 Å². The molecule has 6 amide bonds. The molecule has 0 saturated carbocycles. The van der Waals surface area contributed by atoms with Crippen molar-refractivity contribution in [2.75, 3.05) is 5.32 Å². The Morgan fingerprint density at radius 2 is 1.54 bits per heavy atom. The SMILES string of the molecule is CC(=O)Nc1cccc(C(=O)NC2(c3ccccc3)C(=O)NC(=O)NC2=O)c1. The molecule has 1 fully saturated rings. The van der Waals surface area contributed by atoms with Crippen molar-refractivity contribution in [3.63, 3.8) is 0 Å². The molecule has 2 aromatic carbocycles. The van der Waals surface area contributed by atoms with E-state index in [1.165, 1.54) is 31.2 Å². The van der Waals surface area contributed by atoms with Crippen molar-refractivity contribution >= 4 is 35.3 Å². The Bertz CT molecular complexity index is 967. The van der Waals surface area contributed by atoms with Crippen LogP contribution in [0, 0.1) is 0 Å². The third-order valence-corrected chi connectivity index (χ3v) is 4.09. The van der Waals surface area contributed by atoms with E-state index in [0.29, 0.717) is 5.69 Å². The Hall–Kier alpha value is -4.01. The summed E-state index contributed by atoms with van der Waals surface area (Å²) in [4.78, 5) is 60.8. The molecule has 1 heterocycles. The zero-order chi connectivity index (χ0) is 20.3. The van der Waals surface area contributed by atoms with Crippen LogP contribution in [0.1, 0.15) is 22.8 Å². The predicted molar refractivity (Wildman–Crippen MR) is 98.0 cm³/mol. The van der Waals surface area contributed by atoms with Crippen molar-refractivity contribution in [1.82, 2.24) is 16.0 Å². The summed E-state index contributed by atoms with van der Waals surface area (Å²) in [6.45, 7) is 1.32. The minimum Gasteiger partial charge on any atom is -0.326 e. The van der Waals surface area contributed by atoms with Crippen LogP contribution in [-0.4, -0.2) is 29.7 Å². The first-order valence-corrected chi connectivity index (χ1v) is 8.25. The van der Waals surface area contributed by atoms with Crippen LogP contribution < -0.4 is 21.3 Å². The van der Waals surface area contributed by atoms with Crippen molar-refractivity contribution in [3.8, 4) is 0 Å². The zero-order valence-corrected chi connectivity index (χ0v) is 14.7. The molecule has 1 aliphatic rings. The second-order valence-electron chi connectivity index (χ2n) is 6.07. The largest absolute Gasteiger partial charge is 0.328 e. The average Bonchev–Trinajstić information content (AvgIpc) is 2.65. The second-order valence-corrected chi connectivity index (χ2v) is 6.07. The fourth-order valence-corrected chi connectivity index (χ4v) is 2.85. The van der Waals surface area contributed by atoms with Crippen LogP contribution in [-0.2, 0) is 19.9 Å². The summed E-state index contributed by atoms with van der Waals surface area (Å²) >= 11 is 0. The number of rotatable bonds is 4. The molecular weight excluding hydrogens is 364 g/mol. The topological polar surface area (TPSA) is 133 Å². The molecule has 0 aliphatic carbocycles. The number of hydrogen-bond donors (Lipinski definition) is 4. The van der Waals surface area contributed by atoms with Crippen LogP contribution in [0.5, 0.6) is 0 Å². The summed E-state index contributed by atoms with van der Waals surface area (Å²) in [5.41, 5.74) is -1.46. The summed E-state index contributed by atoms with van der Waals surface area (Å²) < 4.78 is 0. The van der Waals surface area contributed by atoms with E-state index >= 15 is 0 Å². The van der Waals surface area contributed by atoms with Crippen LogP contribution in [0.3, 0.4) is 0 Å². The first-order valence-electron chi connectivity index (χ1n) is 8.25. The van der Waals surface area contributed by atoms with E-state index in [-0.39, 0.29) is 17.0 Å². The van der Waals surface area contributed by atoms with Gasteiger partial charge in [0.1, 0.15) is 0 Å². The van der Waals surface area contributed by atoms with Gasteiger partial charge in [0.05, 0.1) is 0 Å². The van der Waals surface area contributed by atoms with Gasteiger partial charge in [0, 0.05) is 18.2 Å². The molecule has 28 heavy (non-hydrogen) atoms. The van der Waals surface area contributed by atoms with Gasteiger partial charge >= 0.3 is 6.03 Å². The van der Waals surface area contributed by atoms with Gasteiger partial charge in [0.25, 0.3) is 17.7 Å². The van der Waals surface area contributed by atoms with Crippen LogP contribution in [0.25, 0.3) is 0 Å². The smallest absolute Gasteiger partial charge is 0.326 e. The number of anilines is 1. The van der Waals surface area contributed by atoms with Crippen molar-refractivity contribution in [3.05, 3.63) is 65.7 Å². The lowest BCUT2D eigenvalue weighted by molar-refractivity contribution is -0.139. The minimum atomic E-state index is -2.13. The number of amides is 6. The van der Waals surface area contributed by atoms with Gasteiger partial charge in [0.15, 0.2) is 0 Å². The number of imide groups is 2. The summed E-state index contributed by atoms with van der Waals surface area (Å²) in [7, 11) is 0. The minimum absolute atomic E-state index is 0.110. The third kappa shape index (κ3) is 3.45.